The van der Waals surface area contributed by atoms with Gasteiger partial charge in [0.2, 0.25) is 0 Å². The molecule has 0 aliphatic rings. The van der Waals surface area contributed by atoms with Crippen LogP contribution in [0.3, 0.4) is 0 Å². The van der Waals surface area contributed by atoms with Gasteiger partial charge in [-0.2, -0.15) is 0 Å². The monoisotopic (exact) mass is 687 g/mol. The van der Waals surface area contributed by atoms with Gasteiger partial charge in [0.1, 0.15) is 5.69 Å². The summed E-state index contributed by atoms with van der Waals surface area (Å²) >= 11 is 0. The maximum absolute atomic E-state index is 5.32. The molecule has 0 unspecified atom stereocenters. The van der Waals surface area contributed by atoms with E-state index in [-0.39, 0.29) is 0 Å². The van der Waals surface area contributed by atoms with Crippen molar-refractivity contribution in [1.82, 2.24) is 24.9 Å². The zero-order chi connectivity index (χ0) is 35.6. The predicted octanol–water partition coefficient (Wildman–Crippen LogP) is 12.2. The van der Waals surface area contributed by atoms with Gasteiger partial charge in [-0.05, 0) is 45.8 Å². The summed E-state index contributed by atoms with van der Waals surface area (Å²) in [7, 11) is 0. The van der Waals surface area contributed by atoms with Crippen molar-refractivity contribution in [2.24, 2.45) is 0 Å². The maximum atomic E-state index is 5.32. The second kappa shape index (κ2) is 12.1. The number of rotatable bonds is 4. The topological polar surface area (TPSA) is 64.5 Å². The van der Waals surface area contributed by atoms with Crippen LogP contribution < -0.4 is 0 Å². The van der Waals surface area contributed by atoms with Gasteiger partial charge in [-0.3, -0.25) is 0 Å². The molecular formula is C49H29N5. The molecule has 0 saturated heterocycles. The van der Waals surface area contributed by atoms with Crippen LogP contribution in [0, 0.1) is 0 Å². The standard InChI is InChI=1S/C49H29N5/c1-2-10-30(11-3-1)40-26-24-33-22-23-34-25-27-43(53-48(34)47(33)51-40)49-50-29-28-41(54-49)31-18-20-32(21-19-31)46-45-38-15-7-5-13-36(38)35-12-4-6-14-37(35)44(45)39-16-8-9-17-42(39)52-46/h1-29H. The van der Waals surface area contributed by atoms with Gasteiger partial charge in [-0.25, -0.2) is 24.9 Å². The summed E-state index contributed by atoms with van der Waals surface area (Å²) < 4.78 is 0. The first-order chi connectivity index (χ1) is 26.8. The number of para-hydroxylation sites is 1. The number of fused-ring (bicyclic) bond motifs is 11. The Kier molecular flexibility index (Phi) is 6.79. The first-order valence-corrected chi connectivity index (χ1v) is 18.1. The average molecular weight is 688 g/mol. The predicted molar refractivity (Wildman–Crippen MR) is 222 cm³/mol. The van der Waals surface area contributed by atoms with Crippen LogP contribution in [0.2, 0.25) is 0 Å². The second-order valence-corrected chi connectivity index (χ2v) is 13.6. The molecule has 0 saturated carbocycles. The van der Waals surface area contributed by atoms with Gasteiger partial charge in [-0.15, -0.1) is 0 Å². The van der Waals surface area contributed by atoms with E-state index in [0.717, 1.165) is 66.5 Å². The molecule has 0 bridgehead atoms. The summed E-state index contributed by atoms with van der Waals surface area (Å²) in [6.45, 7) is 0. The van der Waals surface area contributed by atoms with Gasteiger partial charge in [0.25, 0.3) is 0 Å². The van der Waals surface area contributed by atoms with Gasteiger partial charge in [0.15, 0.2) is 5.82 Å². The van der Waals surface area contributed by atoms with E-state index in [1.807, 2.05) is 36.5 Å². The van der Waals surface area contributed by atoms with Crippen molar-refractivity contribution in [2.75, 3.05) is 0 Å². The summed E-state index contributed by atoms with van der Waals surface area (Å²) in [6.07, 6.45) is 1.81. The molecule has 250 valence electrons. The fraction of sp³-hybridized carbons (Fsp3) is 0. The lowest BCUT2D eigenvalue weighted by Gasteiger charge is -2.16. The van der Waals surface area contributed by atoms with E-state index in [2.05, 4.69) is 145 Å². The van der Waals surface area contributed by atoms with Crippen LogP contribution in [0.5, 0.6) is 0 Å². The number of hydrogen-bond acceptors (Lipinski definition) is 5. The second-order valence-electron chi connectivity index (χ2n) is 13.6. The molecule has 0 N–H and O–H groups in total. The Balaban J connectivity index is 1.02. The third kappa shape index (κ3) is 4.83. The summed E-state index contributed by atoms with van der Waals surface area (Å²) in [5.74, 6) is 0.565. The molecule has 4 heterocycles. The molecular weight excluding hydrogens is 659 g/mol. The lowest BCUT2D eigenvalue weighted by atomic mass is 9.90. The lowest BCUT2D eigenvalue weighted by molar-refractivity contribution is 1.15. The smallest absolute Gasteiger partial charge is 0.178 e. The summed E-state index contributed by atoms with van der Waals surface area (Å²) in [4.78, 5) is 25.2. The highest BCUT2D eigenvalue weighted by Gasteiger charge is 2.18. The number of nitrogens with zero attached hydrogens (tertiary/aromatic N) is 5. The third-order valence-electron chi connectivity index (χ3n) is 10.5. The Labute approximate surface area is 310 Å². The third-order valence-corrected chi connectivity index (χ3v) is 10.5. The van der Waals surface area contributed by atoms with E-state index in [4.69, 9.17) is 19.9 Å². The van der Waals surface area contributed by atoms with Gasteiger partial charge < -0.3 is 0 Å². The van der Waals surface area contributed by atoms with Crippen molar-refractivity contribution in [3.05, 3.63) is 176 Å². The van der Waals surface area contributed by atoms with E-state index in [9.17, 15) is 0 Å². The Morgan fingerprint density at radius 2 is 0.833 bits per heavy atom. The average Bonchev–Trinajstić information content (AvgIpc) is 3.26. The van der Waals surface area contributed by atoms with Gasteiger partial charge in [-0.1, -0.05) is 146 Å². The van der Waals surface area contributed by atoms with Gasteiger partial charge >= 0.3 is 0 Å². The van der Waals surface area contributed by atoms with Crippen LogP contribution in [0.1, 0.15) is 0 Å². The summed E-state index contributed by atoms with van der Waals surface area (Å²) in [5.41, 5.74) is 9.19. The molecule has 5 nitrogen and oxygen atoms in total. The highest BCUT2D eigenvalue weighted by atomic mass is 14.9. The van der Waals surface area contributed by atoms with Crippen molar-refractivity contribution in [1.29, 1.82) is 0 Å². The lowest BCUT2D eigenvalue weighted by Crippen LogP contribution is -1.96. The van der Waals surface area contributed by atoms with Crippen molar-refractivity contribution >= 4 is 65.0 Å². The van der Waals surface area contributed by atoms with E-state index < -0.39 is 0 Å². The number of aromatic nitrogens is 5. The first kappa shape index (κ1) is 30.3. The van der Waals surface area contributed by atoms with Crippen molar-refractivity contribution in [2.45, 2.75) is 0 Å². The van der Waals surface area contributed by atoms with E-state index in [1.54, 1.807) is 0 Å². The summed E-state index contributed by atoms with van der Waals surface area (Å²) in [5, 5.41) is 10.5. The van der Waals surface area contributed by atoms with Crippen LogP contribution in [0.15, 0.2) is 176 Å². The minimum absolute atomic E-state index is 0.565. The molecule has 0 amide bonds. The van der Waals surface area contributed by atoms with Crippen LogP contribution in [-0.4, -0.2) is 24.9 Å². The molecule has 0 atom stereocenters. The van der Waals surface area contributed by atoms with Crippen molar-refractivity contribution < 1.29 is 0 Å². The molecule has 54 heavy (non-hydrogen) atoms. The molecule has 11 aromatic rings. The molecule has 5 heteroatoms. The molecule has 11 rings (SSSR count). The van der Waals surface area contributed by atoms with E-state index >= 15 is 0 Å². The highest BCUT2D eigenvalue weighted by Crippen LogP contribution is 2.43. The van der Waals surface area contributed by atoms with Crippen LogP contribution in [-0.2, 0) is 0 Å². The fourth-order valence-corrected chi connectivity index (χ4v) is 7.94. The molecule has 0 aliphatic carbocycles. The fourth-order valence-electron chi connectivity index (χ4n) is 7.94. The quantitative estimate of drug-likeness (QED) is 0.172. The molecule has 0 spiro atoms. The molecule has 4 aromatic heterocycles. The molecule has 0 aliphatic heterocycles. The van der Waals surface area contributed by atoms with Crippen LogP contribution in [0.4, 0.5) is 0 Å². The highest BCUT2D eigenvalue weighted by molar-refractivity contribution is 6.33. The zero-order valence-corrected chi connectivity index (χ0v) is 29.0. The van der Waals surface area contributed by atoms with E-state index in [0.29, 0.717) is 11.5 Å². The Hall–Kier alpha value is -7.37. The van der Waals surface area contributed by atoms with E-state index in [1.165, 1.54) is 32.3 Å². The first-order valence-electron chi connectivity index (χ1n) is 18.1. The van der Waals surface area contributed by atoms with Crippen molar-refractivity contribution in [3.63, 3.8) is 0 Å². The number of pyridine rings is 3. The minimum Gasteiger partial charge on any atom is -0.247 e. The zero-order valence-electron chi connectivity index (χ0n) is 29.0. The molecule has 0 fully saturated rings. The van der Waals surface area contributed by atoms with Crippen LogP contribution >= 0.6 is 0 Å². The normalized spacial score (nSPS) is 11.7. The minimum atomic E-state index is 0.565. The summed E-state index contributed by atoms with van der Waals surface area (Å²) in [6, 6.07) is 59.1. The Bertz CT molecular complexity index is 3270. The SMILES string of the molecule is c1ccc(-c2ccc3ccc4ccc(-c5nccc(-c6ccc(-c7nc8ccccc8c8c9ccccc9c9ccccc9c78)cc6)n5)nc4c3n2)cc1. The van der Waals surface area contributed by atoms with Gasteiger partial charge in [0.05, 0.1) is 33.6 Å². The Morgan fingerprint density at radius 3 is 1.56 bits per heavy atom. The number of hydrogen-bond donors (Lipinski definition) is 0. The Morgan fingerprint density at radius 1 is 0.315 bits per heavy atom. The largest absolute Gasteiger partial charge is 0.247 e. The van der Waals surface area contributed by atoms with Gasteiger partial charge in [0, 0.05) is 49.8 Å². The maximum Gasteiger partial charge on any atom is 0.178 e. The van der Waals surface area contributed by atoms with Crippen LogP contribution in [0.25, 0.3) is 110 Å². The molecule has 7 aromatic carbocycles. The van der Waals surface area contributed by atoms with Crippen molar-refractivity contribution in [3.8, 4) is 45.3 Å². The number of benzene rings is 7. The molecule has 0 radical (unpaired) electrons.